The molecule has 3 aromatic heterocycles. The van der Waals surface area contributed by atoms with Gasteiger partial charge in [-0.25, -0.2) is 23.4 Å². The maximum atomic E-state index is 15.0. The molecule has 4 aromatic rings. The van der Waals surface area contributed by atoms with Crippen molar-refractivity contribution in [3.63, 3.8) is 0 Å². The molecule has 3 N–H and O–H groups in total. The Labute approximate surface area is 223 Å². The number of halogens is 5. The molecule has 206 valence electrons. The van der Waals surface area contributed by atoms with Gasteiger partial charge in [0.05, 0.1) is 17.3 Å². The molecule has 1 amide bonds. The topological polar surface area (TPSA) is 111 Å². The molecular formula is C26H20F5N7O2. The number of likely N-dealkylation sites (N-methyl/N-ethyl adjacent to an activating group) is 1. The van der Waals surface area contributed by atoms with Gasteiger partial charge in [-0.3, -0.25) is 9.69 Å². The van der Waals surface area contributed by atoms with Crippen LogP contribution in [0.25, 0.3) is 11.4 Å². The van der Waals surface area contributed by atoms with Crippen LogP contribution in [0.4, 0.5) is 33.5 Å². The number of benzene rings is 1. The number of carbonyl (C=O) groups is 1. The van der Waals surface area contributed by atoms with Crippen LogP contribution >= 0.6 is 0 Å². The van der Waals surface area contributed by atoms with Crippen molar-refractivity contribution >= 4 is 23.0 Å². The molecule has 5 rings (SSSR count). The number of anilines is 2. The van der Waals surface area contributed by atoms with Crippen LogP contribution in [0.15, 0.2) is 61.1 Å². The van der Waals surface area contributed by atoms with Gasteiger partial charge in [0.2, 0.25) is 0 Å². The number of aromatic nitrogens is 4. The summed E-state index contributed by atoms with van der Waals surface area (Å²) in [5, 5.41) is 5.73. The van der Waals surface area contributed by atoms with Crippen molar-refractivity contribution in [2.24, 2.45) is 0 Å². The molecular weight excluding hydrogens is 537 g/mol. The van der Waals surface area contributed by atoms with Gasteiger partial charge in [-0.2, -0.15) is 18.3 Å². The molecule has 0 saturated heterocycles. The van der Waals surface area contributed by atoms with Crippen molar-refractivity contribution in [2.75, 3.05) is 31.2 Å². The fourth-order valence-corrected chi connectivity index (χ4v) is 4.19. The number of carbonyl (C=O) groups excluding carboxylic acids is 1. The van der Waals surface area contributed by atoms with Gasteiger partial charge >= 0.3 is 6.18 Å². The van der Waals surface area contributed by atoms with Crippen LogP contribution in [0.2, 0.25) is 0 Å². The molecule has 0 fully saturated rings. The summed E-state index contributed by atoms with van der Waals surface area (Å²) in [7, 11) is 1.92. The number of ether oxygens (including phenoxy) is 1. The zero-order valence-corrected chi connectivity index (χ0v) is 20.7. The Morgan fingerprint density at radius 2 is 1.88 bits per heavy atom. The molecule has 9 nitrogen and oxygen atoms in total. The van der Waals surface area contributed by atoms with Crippen LogP contribution < -0.4 is 15.8 Å². The first-order chi connectivity index (χ1) is 19.0. The second-order valence-corrected chi connectivity index (χ2v) is 8.82. The first-order valence-electron chi connectivity index (χ1n) is 11.7. The number of nitrogens with one attached hydrogen (secondary N) is 1. The van der Waals surface area contributed by atoms with E-state index in [2.05, 4.69) is 20.4 Å². The lowest BCUT2D eigenvalue weighted by Gasteiger charge is -2.16. The molecule has 1 aromatic carbocycles. The second kappa shape index (κ2) is 10.4. The van der Waals surface area contributed by atoms with Crippen molar-refractivity contribution in [1.82, 2.24) is 24.6 Å². The van der Waals surface area contributed by atoms with E-state index in [1.54, 1.807) is 0 Å². The van der Waals surface area contributed by atoms with E-state index < -0.39 is 40.8 Å². The molecule has 1 aliphatic heterocycles. The average molecular weight is 557 g/mol. The smallest absolute Gasteiger partial charge is 0.434 e. The van der Waals surface area contributed by atoms with Gasteiger partial charge in [0.25, 0.3) is 5.91 Å². The number of alkyl halides is 3. The van der Waals surface area contributed by atoms with Gasteiger partial charge in [0.15, 0.2) is 28.9 Å². The van der Waals surface area contributed by atoms with Gasteiger partial charge in [-0.15, -0.1) is 0 Å². The second-order valence-electron chi connectivity index (χ2n) is 8.82. The third kappa shape index (κ3) is 5.20. The van der Waals surface area contributed by atoms with Crippen molar-refractivity contribution < 1.29 is 31.5 Å². The fraction of sp³-hybridized carbons (Fsp3) is 0.154. The molecule has 0 saturated carbocycles. The molecule has 0 spiro atoms. The van der Waals surface area contributed by atoms with E-state index >= 15 is 4.39 Å². The van der Waals surface area contributed by atoms with E-state index in [-0.39, 0.29) is 27.7 Å². The Morgan fingerprint density at radius 3 is 2.55 bits per heavy atom. The Bertz CT molecular complexity index is 1630. The van der Waals surface area contributed by atoms with Crippen LogP contribution in [-0.2, 0) is 6.18 Å². The predicted octanol–water partition coefficient (Wildman–Crippen LogP) is 4.91. The van der Waals surface area contributed by atoms with Gasteiger partial charge in [-0.1, -0.05) is 6.08 Å². The largest absolute Gasteiger partial charge is 0.453 e. The summed E-state index contributed by atoms with van der Waals surface area (Å²) >= 11 is 0. The Kier molecular flexibility index (Phi) is 6.94. The zero-order valence-electron chi connectivity index (χ0n) is 20.7. The molecule has 40 heavy (non-hydrogen) atoms. The van der Waals surface area contributed by atoms with Gasteiger partial charge < -0.3 is 15.8 Å². The Hall–Kier alpha value is -4.85. The first kappa shape index (κ1) is 26.7. The van der Waals surface area contributed by atoms with Crippen molar-refractivity contribution in [3.8, 4) is 17.3 Å². The number of pyridine rings is 2. The maximum Gasteiger partial charge on any atom is 0.434 e. The predicted molar refractivity (Wildman–Crippen MR) is 135 cm³/mol. The molecule has 0 aliphatic carbocycles. The minimum atomic E-state index is -5.09. The van der Waals surface area contributed by atoms with Crippen LogP contribution in [0.1, 0.15) is 21.6 Å². The highest BCUT2D eigenvalue weighted by atomic mass is 19.4. The maximum absolute atomic E-state index is 15.0. The van der Waals surface area contributed by atoms with E-state index in [4.69, 9.17) is 10.5 Å². The lowest BCUT2D eigenvalue weighted by Crippen LogP contribution is -2.21. The number of nitrogens with zero attached hydrogens (tertiary/aromatic N) is 5. The Balaban J connectivity index is 1.40. The number of hydrogen-bond donors (Lipinski definition) is 2. The summed E-state index contributed by atoms with van der Waals surface area (Å²) in [6, 6.07) is 6.97. The van der Waals surface area contributed by atoms with Crippen molar-refractivity contribution in [3.05, 3.63) is 89.5 Å². The molecule has 1 aliphatic rings. The summed E-state index contributed by atoms with van der Waals surface area (Å²) in [5.74, 6) is -3.72. The van der Waals surface area contributed by atoms with Gasteiger partial charge in [-0.05, 0) is 43.0 Å². The van der Waals surface area contributed by atoms with E-state index in [1.165, 1.54) is 30.5 Å². The molecule has 0 bridgehead atoms. The average Bonchev–Trinajstić information content (AvgIpc) is 3.53. The molecule has 0 unspecified atom stereocenters. The van der Waals surface area contributed by atoms with E-state index in [0.717, 1.165) is 23.9 Å². The van der Waals surface area contributed by atoms with Crippen molar-refractivity contribution in [2.45, 2.75) is 6.18 Å². The van der Waals surface area contributed by atoms with Crippen LogP contribution in [0.3, 0.4) is 0 Å². The van der Waals surface area contributed by atoms with Crippen LogP contribution in [0.5, 0.6) is 11.5 Å². The quantitative estimate of drug-likeness (QED) is 0.324. The summed E-state index contributed by atoms with van der Waals surface area (Å²) in [6.07, 6.45) is -0.0168. The van der Waals surface area contributed by atoms with Gasteiger partial charge in [0.1, 0.15) is 11.6 Å². The zero-order chi connectivity index (χ0) is 28.6. The normalized spacial score (nSPS) is 13.8. The minimum absolute atomic E-state index is 0.158. The number of nitrogen functional groups attached to an aromatic ring is 1. The molecule has 4 heterocycles. The highest BCUT2D eigenvalue weighted by molar-refractivity contribution is 6.05. The highest BCUT2D eigenvalue weighted by Gasteiger charge is 2.41. The third-order valence-corrected chi connectivity index (χ3v) is 5.98. The monoisotopic (exact) mass is 557 g/mol. The highest BCUT2D eigenvalue weighted by Crippen LogP contribution is 2.37. The number of hydrogen-bond acceptors (Lipinski definition) is 7. The number of rotatable bonds is 6. The number of amides is 1. The van der Waals surface area contributed by atoms with Crippen LogP contribution in [0, 0.1) is 11.6 Å². The lowest BCUT2D eigenvalue weighted by atomic mass is 10.1. The molecule has 0 atom stereocenters. The third-order valence-electron chi connectivity index (χ3n) is 5.98. The Morgan fingerprint density at radius 1 is 1.07 bits per heavy atom. The van der Waals surface area contributed by atoms with E-state index in [1.807, 2.05) is 18.0 Å². The van der Waals surface area contributed by atoms with E-state index in [9.17, 15) is 22.4 Å². The summed E-state index contributed by atoms with van der Waals surface area (Å²) < 4.78 is 76.8. The molecule has 0 radical (unpaired) electrons. The SMILES string of the molecule is CN1CC=C(c2c(Oc3ccc(NC(=O)c4cnn(-c5ncccc5F)c4C(F)(F)F)cc3F)ccnc2N)C1. The fourth-order valence-electron chi connectivity index (χ4n) is 4.19. The van der Waals surface area contributed by atoms with Gasteiger partial charge in [0, 0.05) is 37.2 Å². The first-order valence-corrected chi connectivity index (χ1v) is 11.7. The van der Waals surface area contributed by atoms with E-state index in [0.29, 0.717) is 24.8 Å². The standard InChI is InChI=1S/C26H20F5N7O2/c1-37-10-7-14(13-37)21-20(6-9-33-23(21)32)40-19-5-4-15(11-18(19)28)36-25(39)16-12-35-38(22(16)26(29,30)31)24-17(27)3-2-8-34-24/h2-9,11-12H,10,13H2,1H3,(H2,32,33)(H,36,39). The molecule has 14 heteroatoms. The summed E-state index contributed by atoms with van der Waals surface area (Å²) in [5.41, 5.74) is 4.82. The number of nitrogens with two attached hydrogens (primary N) is 1. The summed E-state index contributed by atoms with van der Waals surface area (Å²) in [6.45, 7) is 1.28. The van der Waals surface area contributed by atoms with Crippen LogP contribution in [-0.4, -0.2) is 50.7 Å². The van der Waals surface area contributed by atoms with Crippen molar-refractivity contribution in [1.29, 1.82) is 0 Å². The lowest BCUT2D eigenvalue weighted by molar-refractivity contribution is -0.143. The summed E-state index contributed by atoms with van der Waals surface area (Å²) in [4.78, 5) is 22.5. The minimum Gasteiger partial charge on any atom is -0.453 e.